The number of piperidine rings is 1. The van der Waals surface area contributed by atoms with Gasteiger partial charge in [-0.2, -0.15) is 5.10 Å². The second-order valence-electron chi connectivity index (χ2n) is 8.75. The fourth-order valence-corrected chi connectivity index (χ4v) is 5.01. The number of benzene rings is 1. The van der Waals surface area contributed by atoms with Gasteiger partial charge in [-0.1, -0.05) is 23.7 Å². The zero-order chi connectivity index (χ0) is 24.1. The molecule has 0 bridgehead atoms. The molecule has 2 unspecified atom stereocenters. The lowest BCUT2D eigenvalue weighted by molar-refractivity contribution is -0.140. The van der Waals surface area contributed by atoms with Crippen molar-refractivity contribution in [3.8, 4) is 0 Å². The van der Waals surface area contributed by atoms with Gasteiger partial charge in [0.25, 0.3) is 5.91 Å². The van der Waals surface area contributed by atoms with Crippen LogP contribution in [0.4, 0.5) is 4.39 Å². The zero-order valence-electron chi connectivity index (χ0n) is 18.2. The van der Waals surface area contributed by atoms with Crippen LogP contribution in [0.1, 0.15) is 41.9 Å². The molecule has 3 aromatic rings. The van der Waals surface area contributed by atoms with Crippen molar-refractivity contribution in [1.82, 2.24) is 25.0 Å². The molecule has 1 saturated heterocycles. The van der Waals surface area contributed by atoms with Gasteiger partial charge in [0.1, 0.15) is 18.4 Å². The van der Waals surface area contributed by atoms with Crippen LogP contribution in [-0.2, 0) is 16.1 Å². The maximum atomic E-state index is 14.4. The minimum atomic E-state index is -0.703. The van der Waals surface area contributed by atoms with Gasteiger partial charge in [-0.25, -0.2) is 4.39 Å². The van der Waals surface area contributed by atoms with Crippen molar-refractivity contribution >= 4 is 40.2 Å². The van der Waals surface area contributed by atoms with Crippen LogP contribution in [0.3, 0.4) is 0 Å². The van der Waals surface area contributed by atoms with Crippen molar-refractivity contribution in [3.05, 3.63) is 58.8 Å². The number of aromatic nitrogens is 3. The first kappa shape index (κ1) is 22.3. The Morgan fingerprint density at radius 2 is 2.09 bits per heavy atom. The minimum Gasteiger partial charge on any atom is -0.364 e. The lowest BCUT2D eigenvalue weighted by atomic mass is 10.1. The quantitative estimate of drug-likeness (QED) is 0.555. The Labute approximate surface area is 199 Å². The Balaban J connectivity index is 1.35. The topological polar surface area (TPSA) is 123 Å². The van der Waals surface area contributed by atoms with Crippen LogP contribution in [0.5, 0.6) is 0 Å². The summed E-state index contributed by atoms with van der Waals surface area (Å²) in [5, 5.41) is 7.52. The number of carbonyl (C=O) groups is 3. The molecular formula is C23H22ClFN6O3. The highest BCUT2D eigenvalue weighted by molar-refractivity contribution is 6.30. The summed E-state index contributed by atoms with van der Waals surface area (Å²) in [6.07, 6.45) is 4.41. The van der Waals surface area contributed by atoms with E-state index in [1.165, 1.54) is 23.1 Å². The van der Waals surface area contributed by atoms with Crippen molar-refractivity contribution < 1.29 is 18.8 Å². The highest BCUT2D eigenvalue weighted by Gasteiger charge is 2.56. The first-order valence-electron chi connectivity index (χ1n) is 10.9. The van der Waals surface area contributed by atoms with Gasteiger partial charge in [0, 0.05) is 23.2 Å². The first-order valence-corrected chi connectivity index (χ1v) is 11.3. The van der Waals surface area contributed by atoms with Crippen LogP contribution in [0.25, 0.3) is 10.9 Å². The van der Waals surface area contributed by atoms with E-state index in [1.807, 2.05) is 0 Å². The highest BCUT2D eigenvalue weighted by atomic mass is 35.5. The molecule has 34 heavy (non-hydrogen) atoms. The number of carbonyl (C=O) groups excluding carboxylic acids is 3. The summed E-state index contributed by atoms with van der Waals surface area (Å²) in [6.45, 7) is 1.50. The SMILES string of the molecule is C[C@@H](NC(=O)[C@@H]1CC2CC2N1C(=O)Cn1nc(C(N)=O)c2ccncc21)c1cccc(Cl)c1F. The number of hydrogen-bond donors (Lipinski definition) is 2. The van der Waals surface area contributed by atoms with Crippen molar-refractivity contribution in [2.45, 2.75) is 44.4 Å². The van der Waals surface area contributed by atoms with Gasteiger partial charge in [-0.15, -0.1) is 0 Å². The summed E-state index contributed by atoms with van der Waals surface area (Å²) in [5.74, 6) is -1.67. The number of nitrogens with zero attached hydrogens (tertiary/aromatic N) is 4. The molecule has 1 aromatic carbocycles. The van der Waals surface area contributed by atoms with Gasteiger partial charge in [0.05, 0.1) is 22.8 Å². The monoisotopic (exact) mass is 484 g/mol. The summed E-state index contributed by atoms with van der Waals surface area (Å²) in [7, 11) is 0. The fraction of sp³-hybridized carbons (Fsp3) is 0.348. The molecule has 176 valence electrons. The third-order valence-electron chi connectivity index (χ3n) is 6.57. The maximum Gasteiger partial charge on any atom is 0.269 e. The Morgan fingerprint density at radius 3 is 2.85 bits per heavy atom. The summed E-state index contributed by atoms with van der Waals surface area (Å²) in [6, 6.07) is 4.93. The van der Waals surface area contributed by atoms with Gasteiger partial charge >= 0.3 is 0 Å². The fourth-order valence-electron chi connectivity index (χ4n) is 4.82. The lowest BCUT2D eigenvalue weighted by Crippen LogP contribution is -2.49. The van der Waals surface area contributed by atoms with Gasteiger partial charge in [-0.3, -0.25) is 24.0 Å². The van der Waals surface area contributed by atoms with Crippen molar-refractivity contribution in [2.24, 2.45) is 11.7 Å². The van der Waals surface area contributed by atoms with Crippen molar-refractivity contribution in [2.75, 3.05) is 0 Å². The van der Waals surface area contributed by atoms with Crippen LogP contribution < -0.4 is 11.1 Å². The van der Waals surface area contributed by atoms with Gasteiger partial charge in [-0.05, 0) is 37.8 Å². The van der Waals surface area contributed by atoms with Crippen LogP contribution in [0.15, 0.2) is 36.7 Å². The summed E-state index contributed by atoms with van der Waals surface area (Å²) in [5.41, 5.74) is 6.27. The molecule has 1 aliphatic carbocycles. The average Bonchev–Trinajstić information content (AvgIpc) is 3.30. The second-order valence-corrected chi connectivity index (χ2v) is 9.16. The summed E-state index contributed by atoms with van der Waals surface area (Å²) < 4.78 is 15.8. The molecule has 3 amide bonds. The van der Waals surface area contributed by atoms with Crippen LogP contribution in [0.2, 0.25) is 5.02 Å². The molecule has 9 nitrogen and oxygen atoms in total. The summed E-state index contributed by atoms with van der Waals surface area (Å²) in [4.78, 5) is 43.8. The molecule has 1 aliphatic heterocycles. The van der Waals surface area contributed by atoms with E-state index >= 15 is 0 Å². The standard InChI is InChI=1S/C23H22ClFN6O3/c1-11(13-3-2-4-15(24)20(13)25)28-23(34)17-8-12-7-16(12)31(17)19(32)10-30-18-9-27-6-5-14(18)21(29-30)22(26)33/h2-6,9,11-12,16-17H,7-8,10H2,1H3,(H2,26,33)(H,28,34)/t11-,12?,16?,17+/m1/s1. The lowest BCUT2D eigenvalue weighted by Gasteiger charge is -2.28. The van der Waals surface area contributed by atoms with E-state index < -0.39 is 23.8 Å². The number of fused-ring (bicyclic) bond motifs is 2. The number of hydrogen-bond acceptors (Lipinski definition) is 5. The highest BCUT2D eigenvalue weighted by Crippen LogP contribution is 2.48. The van der Waals surface area contributed by atoms with Crippen LogP contribution in [0, 0.1) is 11.7 Å². The molecular weight excluding hydrogens is 463 g/mol. The molecule has 0 spiro atoms. The molecule has 4 atom stereocenters. The third-order valence-corrected chi connectivity index (χ3v) is 6.87. The number of likely N-dealkylation sites (tertiary alicyclic amines) is 1. The Kier molecular flexibility index (Phi) is 5.47. The normalized spacial score (nSPS) is 21.9. The van der Waals surface area contributed by atoms with Crippen molar-refractivity contribution in [1.29, 1.82) is 0 Å². The molecule has 2 aliphatic rings. The van der Waals surface area contributed by atoms with Crippen LogP contribution >= 0.6 is 11.6 Å². The molecule has 3 N–H and O–H groups in total. The second kappa shape index (κ2) is 8.35. The Morgan fingerprint density at radius 1 is 1.29 bits per heavy atom. The first-order chi connectivity index (χ1) is 16.3. The van der Waals surface area contributed by atoms with Gasteiger partial charge in [0.15, 0.2) is 5.69 Å². The minimum absolute atomic E-state index is 0.0166. The number of primary amides is 1. The number of rotatable bonds is 6. The smallest absolute Gasteiger partial charge is 0.269 e. The third kappa shape index (κ3) is 3.77. The van der Waals surface area contributed by atoms with E-state index in [-0.39, 0.29) is 46.6 Å². The molecule has 1 saturated carbocycles. The van der Waals surface area contributed by atoms with E-state index in [4.69, 9.17) is 17.3 Å². The maximum absolute atomic E-state index is 14.4. The van der Waals surface area contributed by atoms with E-state index in [0.717, 1.165) is 6.42 Å². The van der Waals surface area contributed by atoms with E-state index in [1.54, 1.807) is 30.0 Å². The molecule has 3 heterocycles. The van der Waals surface area contributed by atoms with Gasteiger partial charge < -0.3 is 16.0 Å². The predicted octanol–water partition coefficient (Wildman–Crippen LogP) is 2.19. The number of amides is 3. The van der Waals surface area contributed by atoms with Gasteiger partial charge in [0.2, 0.25) is 11.8 Å². The summed E-state index contributed by atoms with van der Waals surface area (Å²) >= 11 is 5.87. The van der Waals surface area contributed by atoms with E-state index in [0.29, 0.717) is 17.3 Å². The predicted molar refractivity (Wildman–Crippen MR) is 121 cm³/mol. The molecule has 11 heteroatoms. The zero-order valence-corrected chi connectivity index (χ0v) is 19.0. The van der Waals surface area contributed by atoms with E-state index in [2.05, 4.69) is 15.4 Å². The Bertz CT molecular complexity index is 1330. The van der Waals surface area contributed by atoms with Crippen molar-refractivity contribution in [3.63, 3.8) is 0 Å². The number of halogens is 2. The Hall–Kier alpha value is -3.53. The number of nitrogens with two attached hydrogens (primary N) is 1. The molecule has 2 fully saturated rings. The van der Waals surface area contributed by atoms with E-state index in [9.17, 15) is 18.8 Å². The largest absolute Gasteiger partial charge is 0.364 e. The molecule has 0 radical (unpaired) electrons. The molecule has 5 rings (SSSR count). The van der Waals surface area contributed by atoms with Crippen LogP contribution in [-0.4, -0.2) is 49.5 Å². The number of nitrogens with one attached hydrogen (secondary N) is 1. The molecule has 2 aromatic heterocycles. The average molecular weight is 485 g/mol. The number of pyridine rings is 1.